The van der Waals surface area contributed by atoms with Gasteiger partial charge in [0.25, 0.3) is 5.91 Å². The molecule has 0 unspecified atom stereocenters. The average molecular weight is 393 g/mol. The predicted octanol–water partition coefficient (Wildman–Crippen LogP) is 1.26. The Bertz CT molecular complexity index is 738. The first-order valence-electron chi connectivity index (χ1n) is 8.65. The van der Waals surface area contributed by atoms with Gasteiger partial charge < -0.3 is 20.3 Å². The van der Waals surface area contributed by atoms with Crippen molar-refractivity contribution in [3.8, 4) is 0 Å². The van der Waals surface area contributed by atoms with Crippen LogP contribution in [0.15, 0.2) is 23.1 Å². The van der Waals surface area contributed by atoms with Crippen LogP contribution in [0.5, 0.6) is 0 Å². The van der Waals surface area contributed by atoms with E-state index in [4.69, 9.17) is 4.74 Å². The molecule has 2 N–H and O–H groups in total. The maximum Gasteiger partial charge on any atom is 0.338 e. The quantitative estimate of drug-likeness (QED) is 0.676. The lowest BCUT2D eigenvalue weighted by molar-refractivity contribution is -0.137. The molecule has 0 atom stereocenters. The second kappa shape index (κ2) is 9.96. The molecular weight excluding hydrogens is 370 g/mol. The van der Waals surface area contributed by atoms with Crippen molar-refractivity contribution in [3.05, 3.63) is 23.8 Å². The molecule has 1 aromatic rings. The third kappa shape index (κ3) is 6.28. The van der Waals surface area contributed by atoms with E-state index < -0.39 is 18.5 Å². The van der Waals surface area contributed by atoms with E-state index in [-0.39, 0.29) is 23.9 Å². The average Bonchev–Trinajstić information content (AvgIpc) is 2.83. The van der Waals surface area contributed by atoms with Gasteiger partial charge in [-0.25, -0.2) is 4.79 Å². The minimum atomic E-state index is -0.668. The largest absolute Gasteiger partial charge is 0.452 e. The maximum atomic E-state index is 12.2. The molecule has 8 nitrogen and oxygen atoms in total. The fourth-order valence-corrected chi connectivity index (χ4v) is 3.23. The molecule has 1 aliphatic rings. The summed E-state index contributed by atoms with van der Waals surface area (Å²) in [5.41, 5.74) is 0.806. The molecule has 0 radical (unpaired) electrons. The molecule has 9 heteroatoms. The number of likely N-dealkylation sites (N-methyl/N-ethyl adjacent to an activating group) is 1. The molecular formula is C18H23N3O5S. The van der Waals surface area contributed by atoms with E-state index in [2.05, 4.69) is 10.6 Å². The summed E-state index contributed by atoms with van der Waals surface area (Å²) >= 11 is 1.53. The zero-order valence-corrected chi connectivity index (χ0v) is 16.2. The van der Waals surface area contributed by atoms with Crippen LogP contribution in [0.4, 0.5) is 5.69 Å². The number of anilines is 1. The predicted molar refractivity (Wildman–Crippen MR) is 102 cm³/mol. The van der Waals surface area contributed by atoms with Crippen LogP contribution in [0.25, 0.3) is 0 Å². The number of nitrogens with one attached hydrogen (secondary N) is 2. The fraction of sp³-hybridized carbons (Fsp3) is 0.444. The topological polar surface area (TPSA) is 105 Å². The third-order valence-corrected chi connectivity index (χ3v) is 4.86. The number of thioether (sulfide) groups is 1. The first-order chi connectivity index (χ1) is 12.9. The summed E-state index contributed by atoms with van der Waals surface area (Å²) in [5.74, 6) is -0.843. The Morgan fingerprint density at radius 2 is 2.11 bits per heavy atom. The number of nitrogens with zero attached hydrogens (tertiary/aromatic N) is 1. The zero-order valence-electron chi connectivity index (χ0n) is 15.4. The van der Waals surface area contributed by atoms with Crippen LogP contribution in [0, 0.1) is 0 Å². The summed E-state index contributed by atoms with van der Waals surface area (Å²) in [6.07, 6.45) is 1.21. The summed E-state index contributed by atoms with van der Waals surface area (Å²) in [6.45, 7) is 1.91. The molecule has 27 heavy (non-hydrogen) atoms. The van der Waals surface area contributed by atoms with Gasteiger partial charge in [0.2, 0.25) is 11.8 Å². The van der Waals surface area contributed by atoms with E-state index in [9.17, 15) is 19.2 Å². The van der Waals surface area contributed by atoms with Gasteiger partial charge >= 0.3 is 5.97 Å². The number of fused-ring (bicyclic) bond motifs is 1. The van der Waals surface area contributed by atoms with Gasteiger partial charge in [0.15, 0.2) is 6.61 Å². The Kier molecular flexibility index (Phi) is 7.66. The Balaban J connectivity index is 1.89. The van der Waals surface area contributed by atoms with Crippen molar-refractivity contribution in [1.82, 2.24) is 10.2 Å². The molecule has 0 aromatic heterocycles. The van der Waals surface area contributed by atoms with Gasteiger partial charge in [0.05, 0.1) is 17.8 Å². The SMILES string of the molecule is CCCNC(=O)CN(C)C(=O)COC(=O)c1ccc2c(c1)NC(=O)CCS2. The normalized spacial score (nSPS) is 13.0. The highest BCUT2D eigenvalue weighted by molar-refractivity contribution is 7.99. The molecule has 0 bridgehead atoms. The number of esters is 1. The Morgan fingerprint density at radius 1 is 1.33 bits per heavy atom. The van der Waals surface area contributed by atoms with Gasteiger partial charge in [0, 0.05) is 30.7 Å². The van der Waals surface area contributed by atoms with E-state index >= 15 is 0 Å². The lowest BCUT2D eigenvalue weighted by Crippen LogP contribution is -2.40. The second-order valence-electron chi connectivity index (χ2n) is 6.03. The van der Waals surface area contributed by atoms with Crippen LogP contribution in [-0.2, 0) is 19.1 Å². The van der Waals surface area contributed by atoms with E-state index in [0.29, 0.717) is 24.4 Å². The van der Waals surface area contributed by atoms with Crippen molar-refractivity contribution in [1.29, 1.82) is 0 Å². The summed E-state index contributed by atoms with van der Waals surface area (Å²) in [4.78, 5) is 49.6. The Hall–Kier alpha value is -2.55. The first-order valence-corrected chi connectivity index (χ1v) is 9.63. The van der Waals surface area contributed by atoms with E-state index in [1.807, 2.05) is 6.92 Å². The number of hydrogen-bond donors (Lipinski definition) is 2. The smallest absolute Gasteiger partial charge is 0.338 e. The van der Waals surface area contributed by atoms with E-state index in [1.165, 1.54) is 23.7 Å². The van der Waals surface area contributed by atoms with Crippen molar-refractivity contribution < 1.29 is 23.9 Å². The van der Waals surface area contributed by atoms with E-state index in [0.717, 1.165) is 11.3 Å². The van der Waals surface area contributed by atoms with Crippen molar-refractivity contribution in [2.75, 3.05) is 37.8 Å². The molecule has 0 saturated heterocycles. The van der Waals surface area contributed by atoms with Crippen molar-refractivity contribution in [2.45, 2.75) is 24.7 Å². The summed E-state index contributed by atoms with van der Waals surface area (Å²) in [5, 5.41) is 5.42. The molecule has 0 aliphatic carbocycles. The standard InChI is InChI=1S/C18H23N3O5S/c1-3-7-19-16(23)10-21(2)17(24)11-26-18(25)12-4-5-14-13(9-12)20-15(22)6-8-27-14/h4-5,9H,3,6-8,10-11H2,1-2H3,(H,19,23)(H,20,22). The number of hydrogen-bond acceptors (Lipinski definition) is 6. The third-order valence-electron chi connectivity index (χ3n) is 3.78. The second-order valence-corrected chi connectivity index (χ2v) is 7.17. The number of amides is 3. The number of rotatable bonds is 7. The lowest BCUT2D eigenvalue weighted by atomic mass is 10.2. The van der Waals surface area contributed by atoms with Crippen LogP contribution in [0.1, 0.15) is 30.1 Å². The molecule has 146 valence electrons. The Labute approximate surface area is 162 Å². The lowest BCUT2D eigenvalue weighted by Gasteiger charge is -2.16. The van der Waals surface area contributed by atoms with Crippen molar-refractivity contribution in [2.24, 2.45) is 0 Å². The summed E-state index contributed by atoms with van der Waals surface area (Å²) in [6, 6.07) is 4.88. The molecule has 1 aliphatic heterocycles. The summed E-state index contributed by atoms with van der Waals surface area (Å²) in [7, 11) is 1.47. The van der Waals surface area contributed by atoms with Gasteiger partial charge in [0.1, 0.15) is 0 Å². The van der Waals surface area contributed by atoms with Gasteiger partial charge in [-0.05, 0) is 24.6 Å². The molecule has 1 heterocycles. The number of benzene rings is 1. The van der Waals surface area contributed by atoms with Crippen LogP contribution < -0.4 is 10.6 Å². The molecule has 0 spiro atoms. The highest BCUT2D eigenvalue weighted by atomic mass is 32.2. The highest BCUT2D eigenvalue weighted by Crippen LogP contribution is 2.31. The van der Waals surface area contributed by atoms with Gasteiger partial charge in [-0.2, -0.15) is 0 Å². The van der Waals surface area contributed by atoms with E-state index in [1.54, 1.807) is 18.2 Å². The molecule has 1 aromatic carbocycles. The van der Waals surface area contributed by atoms with Crippen molar-refractivity contribution >= 4 is 41.1 Å². The number of carbonyl (C=O) groups excluding carboxylic acids is 4. The highest BCUT2D eigenvalue weighted by Gasteiger charge is 2.18. The first kappa shape index (κ1) is 20.8. The van der Waals surface area contributed by atoms with Crippen LogP contribution >= 0.6 is 11.8 Å². The molecule has 0 saturated carbocycles. The minimum Gasteiger partial charge on any atom is -0.452 e. The fourth-order valence-electron chi connectivity index (χ4n) is 2.29. The number of ether oxygens (including phenoxy) is 1. The maximum absolute atomic E-state index is 12.2. The van der Waals surface area contributed by atoms with Crippen LogP contribution in [-0.4, -0.2) is 61.1 Å². The molecule has 0 fully saturated rings. The van der Waals surface area contributed by atoms with Crippen molar-refractivity contribution in [3.63, 3.8) is 0 Å². The Morgan fingerprint density at radius 3 is 2.85 bits per heavy atom. The summed E-state index contributed by atoms with van der Waals surface area (Å²) < 4.78 is 5.04. The molecule has 3 amide bonds. The van der Waals surface area contributed by atoms with Gasteiger partial charge in [-0.15, -0.1) is 11.8 Å². The van der Waals surface area contributed by atoms with Crippen LogP contribution in [0.2, 0.25) is 0 Å². The van der Waals surface area contributed by atoms with Gasteiger partial charge in [-0.3, -0.25) is 14.4 Å². The monoisotopic (exact) mass is 393 g/mol. The molecule has 2 rings (SSSR count). The van der Waals surface area contributed by atoms with Crippen LogP contribution in [0.3, 0.4) is 0 Å². The number of carbonyl (C=O) groups is 4. The van der Waals surface area contributed by atoms with Gasteiger partial charge in [-0.1, -0.05) is 6.92 Å². The minimum absolute atomic E-state index is 0.0987. The zero-order chi connectivity index (χ0) is 19.8.